The first kappa shape index (κ1) is 17.2. The lowest BCUT2D eigenvalue weighted by Gasteiger charge is -2.08. The Hall–Kier alpha value is -3.27. The van der Waals surface area contributed by atoms with Crippen molar-refractivity contribution in [3.63, 3.8) is 0 Å². The van der Waals surface area contributed by atoms with Gasteiger partial charge in [0.2, 0.25) is 5.91 Å². The van der Waals surface area contributed by atoms with Crippen molar-refractivity contribution in [3.05, 3.63) is 56.4 Å². The number of carbonyl (C=O) groups is 1. The molecule has 3 heterocycles. The van der Waals surface area contributed by atoms with Crippen LogP contribution in [0.15, 0.2) is 40.2 Å². The maximum Gasteiger partial charge on any atom is 0.332 e. The fourth-order valence-corrected chi connectivity index (χ4v) is 3.81. The average Bonchev–Trinajstić information content (AvgIpc) is 3.25. The standard InChI is InChI=1S/C17H16N6O3S/c1-21-9-19-15-14(21)16(25)23(17(26)22(15)2)8-12(24)18-7-13-20-10-5-3-4-6-11(10)27-13/h3-6,9H,7-8H2,1-2H3,(H,18,24). The lowest BCUT2D eigenvalue weighted by molar-refractivity contribution is -0.121. The molecule has 138 valence electrons. The lowest BCUT2D eigenvalue weighted by Crippen LogP contribution is -2.43. The van der Waals surface area contributed by atoms with Gasteiger partial charge < -0.3 is 9.88 Å². The number of carbonyl (C=O) groups excluding carboxylic acids is 1. The summed E-state index contributed by atoms with van der Waals surface area (Å²) in [5.41, 5.74) is 0.317. The lowest BCUT2D eigenvalue weighted by atomic mass is 10.3. The SMILES string of the molecule is Cn1cnc2c1c(=O)n(CC(=O)NCc1nc3ccccc3s1)c(=O)n2C. The van der Waals surface area contributed by atoms with E-state index >= 15 is 0 Å². The van der Waals surface area contributed by atoms with Gasteiger partial charge in [-0.25, -0.2) is 19.3 Å². The number of benzene rings is 1. The van der Waals surface area contributed by atoms with E-state index in [4.69, 9.17) is 0 Å². The molecule has 4 rings (SSSR count). The Morgan fingerprint density at radius 3 is 2.78 bits per heavy atom. The highest BCUT2D eigenvalue weighted by atomic mass is 32.1. The molecule has 0 aliphatic heterocycles. The molecule has 0 bridgehead atoms. The minimum Gasteiger partial charge on any atom is -0.348 e. The zero-order chi connectivity index (χ0) is 19.1. The van der Waals surface area contributed by atoms with Gasteiger partial charge in [-0.05, 0) is 12.1 Å². The molecule has 3 aromatic heterocycles. The quantitative estimate of drug-likeness (QED) is 0.547. The Bertz CT molecular complexity index is 1260. The molecule has 0 radical (unpaired) electrons. The smallest absolute Gasteiger partial charge is 0.332 e. The van der Waals surface area contributed by atoms with Crippen LogP contribution in [0.4, 0.5) is 0 Å². The number of aromatic nitrogens is 5. The summed E-state index contributed by atoms with van der Waals surface area (Å²) >= 11 is 1.49. The third kappa shape index (κ3) is 2.93. The normalized spacial score (nSPS) is 11.3. The highest BCUT2D eigenvalue weighted by molar-refractivity contribution is 7.18. The Morgan fingerprint density at radius 2 is 2.00 bits per heavy atom. The van der Waals surface area contributed by atoms with E-state index < -0.39 is 17.2 Å². The molecule has 0 aliphatic carbocycles. The first-order chi connectivity index (χ1) is 13.0. The van der Waals surface area contributed by atoms with Gasteiger partial charge in [0.25, 0.3) is 5.56 Å². The fraction of sp³-hybridized carbons (Fsp3) is 0.235. The van der Waals surface area contributed by atoms with Crippen LogP contribution < -0.4 is 16.6 Å². The van der Waals surface area contributed by atoms with Gasteiger partial charge in [-0.15, -0.1) is 11.3 Å². The number of aryl methyl sites for hydroxylation is 2. The van der Waals surface area contributed by atoms with Crippen molar-refractivity contribution in [1.82, 2.24) is 29.0 Å². The van der Waals surface area contributed by atoms with Crippen LogP contribution in [0.1, 0.15) is 5.01 Å². The molecule has 0 fully saturated rings. The monoisotopic (exact) mass is 384 g/mol. The van der Waals surface area contributed by atoms with Gasteiger partial charge in [0.15, 0.2) is 11.2 Å². The largest absolute Gasteiger partial charge is 0.348 e. The number of hydrogen-bond donors (Lipinski definition) is 1. The Labute approximate surface area is 156 Å². The van der Waals surface area contributed by atoms with Crippen LogP contribution in [-0.2, 0) is 32.0 Å². The number of hydrogen-bond acceptors (Lipinski definition) is 6. The van der Waals surface area contributed by atoms with Gasteiger partial charge in [-0.3, -0.25) is 14.2 Å². The van der Waals surface area contributed by atoms with E-state index in [9.17, 15) is 14.4 Å². The van der Waals surface area contributed by atoms with E-state index in [2.05, 4.69) is 15.3 Å². The minimum atomic E-state index is -0.582. The van der Waals surface area contributed by atoms with Crippen LogP contribution in [0.5, 0.6) is 0 Å². The minimum absolute atomic E-state index is 0.237. The first-order valence-electron chi connectivity index (χ1n) is 8.17. The molecule has 0 saturated heterocycles. The fourth-order valence-electron chi connectivity index (χ4n) is 2.90. The van der Waals surface area contributed by atoms with Crippen molar-refractivity contribution in [2.75, 3.05) is 0 Å². The predicted octanol–water partition coefficient (Wildman–Crippen LogP) is 0.360. The first-order valence-corrected chi connectivity index (χ1v) is 8.99. The number of imidazole rings is 1. The van der Waals surface area contributed by atoms with Gasteiger partial charge in [0, 0.05) is 14.1 Å². The average molecular weight is 384 g/mol. The highest BCUT2D eigenvalue weighted by Gasteiger charge is 2.17. The molecule has 0 atom stereocenters. The second-order valence-electron chi connectivity index (χ2n) is 6.11. The third-order valence-electron chi connectivity index (χ3n) is 4.28. The predicted molar refractivity (Wildman–Crippen MR) is 102 cm³/mol. The van der Waals surface area contributed by atoms with Gasteiger partial charge in [0.1, 0.15) is 11.6 Å². The Morgan fingerprint density at radius 1 is 1.22 bits per heavy atom. The van der Waals surface area contributed by atoms with Crippen molar-refractivity contribution >= 4 is 38.6 Å². The van der Waals surface area contributed by atoms with Crippen molar-refractivity contribution in [2.45, 2.75) is 13.1 Å². The second-order valence-corrected chi connectivity index (χ2v) is 7.23. The number of nitrogens with zero attached hydrogens (tertiary/aromatic N) is 5. The summed E-state index contributed by atoms with van der Waals surface area (Å²) < 4.78 is 4.75. The molecule has 0 spiro atoms. The molecular formula is C17H16N6O3S. The molecule has 4 aromatic rings. The summed E-state index contributed by atoms with van der Waals surface area (Å²) in [5, 5.41) is 3.47. The highest BCUT2D eigenvalue weighted by Crippen LogP contribution is 2.21. The maximum atomic E-state index is 12.6. The molecule has 0 saturated carbocycles. The molecule has 27 heavy (non-hydrogen) atoms. The molecule has 10 heteroatoms. The zero-order valence-electron chi connectivity index (χ0n) is 14.7. The number of nitrogens with one attached hydrogen (secondary N) is 1. The third-order valence-corrected chi connectivity index (χ3v) is 5.31. The van der Waals surface area contributed by atoms with Crippen LogP contribution in [0.2, 0.25) is 0 Å². The maximum absolute atomic E-state index is 12.6. The molecule has 1 aromatic carbocycles. The van der Waals surface area contributed by atoms with E-state index in [1.807, 2.05) is 24.3 Å². The summed E-state index contributed by atoms with van der Waals surface area (Å²) in [6, 6.07) is 7.70. The molecule has 9 nitrogen and oxygen atoms in total. The summed E-state index contributed by atoms with van der Waals surface area (Å²) in [6.07, 6.45) is 1.46. The van der Waals surface area contributed by atoms with Crippen LogP contribution in [0.25, 0.3) is 21.4 Å². The number of amides is 1. The Balaban J connectivity index is 1.57. The zero-order valence-corrected chi connectivity index (χ0v) is 15.5. The van der Waals surface area contributed by atoms with Crippen molar-refractivity contribution in [2.24, 2.45) is 14.1 Å². The summed E-state index contributed by atoms with van der Waals surface area (Å²) in [4.78, 5) is 45.9. The van der Waals surface area contributed by atoms with E-state index in [0.29, 0.717) is 5.65 Å². The van der Waals surface area contributed by atoms with Crippen molar-refractivity contribution in [3.8, 4) is 0 Å². The molecule has 0 aliphatic rings. The number of thiazole rings is 1. The van der Waals surface area contributed by atoms with Gasteiger partial charge in [-0.1, -0.05) is 12.1 Å². The Kier molecular flexibility index (Phi) is 4.11. The van der Waals surface area contributed by atoms with E-state index in [-0.39, 0.29) is 18.6 Å². The van der Waals surface area contributed by atoms with Crippen molar-refractivity contribution < 1.29 is 4.79 Å². The van der Waals surface area contributed by atoms with Gasteiger partial charge in [-0.2, -0.15) is 0 Å². The number of fused-ring (bicyclic) bond motifs is 2. The van der Waals surface area contributed by atoms with Crippen LogP contribution in [0, 0.1) is 0 Å². The van der Waals surface area contributed by atoms with Crippen LogP contribution in [-0.4, -0.2) is 29.6 Å². The summed E-state index contributed by atoms with van der Waals surface area (Å²) in [6.45, 7) is -0.126. The molecular weight excluding hydrogens is 368 g/mol. The number of rotatable bonds is 4. The second kappa shape index (κ2) is 6.47. The van der Waals surface area contributed by atoms with Crippen LogP contribution >= 0.6 is 11.3 Å². The molecule has 1 N–H and O–H groups in total. The summed E-state index contributed by atoms with van der Waals surface area (Å²) in [5.74, 6) is -0.435. The molecule has 1 amide bonds. The topological polar surface area (TPSA) is 104 Å². The van der Waals surface area contributed by atoms with E-state index in [1.54, 1.807) is 7.05 Å². The van der Waals surface area contributed by atoms with E-state index in [1.165, 1.54) is 33.8 Å². The summed E-state index contributed by atoms with van der Waals surface area (Å²) in [7, 11) is 3.19. The number of para-hydroxylation sites is 1. The molecule has 0 unspecified atom stereocenters. The van der Waals surface area contributed by atoms with Gasteiger partial charge in [0.05, 0.1) is 23.1 Å². The van der Waals surface area contributed by atoms with Gasteiger partial charge >= 0.3 is 5.69 Å². The van der Waals surface area contributed by atoms with Crippen LogP contribution in [0.3, 0.4) is 0 Å². The van der Waals surface area contributed by atoms with Crippen molar-refractivity contribution in [1.29, 1.82) is 0 Å². The van der Waals surface area contributed by atoms with E-state index in [0.717, 1.165) is 19.8 Å².